The molecule has 0 spiro atoms. The smallest absolute Gasteiger partial charge is 0.406 e. The molecule has 0 atom stereocenters. The van der Waals surface area contributed by atoms with Crippen LogP contribution in [0.1, 0.15) is 17.3 Å². The van der Waals surface area contributed by atoms with Crippen molar-refractivity contribution < 1.29 is 27.5 Å². The second kappa shape index (κ2) is 9.16. The molecule has 150 valence electrons. The van der Waals surface area contributed by atoms with Crippen LogP contribution < -0.4 is 20.7 Å². The quantitative estimate of drug-likeness (QED) is 0.536. The van der Waals surface area contributed by atoms with Crippen LogP contribution in [0.2, 0.25) is 5.02 Å². The number of hydrogen-bond acceptors (Lipinski definition) is 3. The molecule has 0 aromatic heterocycles. The summed E-state index contributed by atoms with van der Waals surface area (Å²) in [6.45, 7) is 1.97. The normalized spacial score (nSPS) is 10.9. The summed E-state index contributed by atoms with van der Waals surface area (Å²) >= 11 is 9.12. The van der Waals surface area contributed by atoms with Crippen molar-refractivity contribution in [2.45, 2.75) is 13.3 Å². The number of urea groups is 1. The van der Waals surface area contributed by atoms with Gasteiger partial charge in [0.25, 0.3) is 5.91 Å². The Hall–Kier alpha value is -2.46. The molecule has 0 saturated heterocycles. The van der Waals surface area contributed by atoms with Gasteiger partial charge in [-0.05, 0) is 37.3 Å². The van der Waals surface area contributed by atoms with E-state index in [1.807, 2.05) is 0 Å². The number of carbonyl (C=O) groups is 2. The highest BCUT2D eigenvalue weighted by atomic mass is 79.9. The standard InChI is InChI=1S/C17H14BrClF3N3O3/c1-2-23-15(26)13-4-3-12(28-17(20,21)22)8-14(13)25-16(27)24-11-6-9(18)5-10(19)7-11/h3-8H,2H2,1H3,(H,23,26)(H2,24,25,27). The van der Waals surface area contributed by atoms with Gasteiger partial charge in [-0.2, -0.15) is 0 Å². The van der Waals surface area contributed by atoms with Crippen LogP contribution in [0.5, 0.6) is 5.75 Å². The molecule has 28 heavy (non-hydrogen) atoms. The van der Waals surface area contributed by atoms with Crippen LogP contribution in [0.3, 0.4) is 0 Å². The van der Waals surface area contributed by atoms with Crippen LogP contribution in [0.4, 0.5) is 29.3 Å². The van der Waals surface area contributed by atoms with Gasteiger partial charge in [-0.25, -0.2) is 4.79 Å². The van der Waals surface area contributed by atoms with Crippen molar-refractivity contribution in [3.05, 3.63) is 51.5 Å². The fourth-order valence-electron chi connectivity index (χ4n) is 2.19. The maximum atomic E-state index is 12.5. The Morgan fingerprint density at radius 3 is 2.46 bits per heavy atom. The first kappa shape index (κ1) is 21.8. The molecule has 0 bridgehead atoms. The number of ether oxygens (including phenoxy) is 1. The molecule has 0 aliphatic carbocycles. The van der Waals surface area contributed by atoms with Gasteiger partial charge in [-0.15, -0.1) is 13.2 Å². The van der Waals surface area contributed by atoms with Crippen LogP contribution in [-0.2, 0) is 0 Å². The third-order valence-electron chi connectivity index (χ3n) is 3.18. The number of anilines is 2. The molecule has 2 rings (SSSR count). The van der Waals surface area contributed by atoms with Gasteiger partial charge >= 0.3 is 12.4 Å². The van der Waals surface area contributed by atoms with Crippen molar-refractivity contribution in [2.24, 2.45) is 0 Å². The summed E-state index contributed by atoms with van der Waals surface area (Å²) in [7, 11) is 0. The van der Waals surface area contributed by atoms with E-state index < -0.39 is 24.1 Å². The molecule has 0 heterocycles. The van der Waals surface area contributed by atoms with Gasteiger partial charge in [0.1, 0.15) is 5.75 Å². The predicted octanol–water partition coefficient (Wildman–Crippen LogP) is 5.39. The monoisotopic (exact) mass is 479 g/mol. The van der Waals surface area contributed by atoms with Gasteiger partial charge < -0.3 is 20.7 Å². The lowest BCUT2D eigenvalue weighted by Crippen LogP contribution is -2.26. The lowest BCUT2D eigenvalue weighted by Gasteiger charge is -2.15. The highest BCUT2D eigenvalue weighted by Crippen LogP contribution is 2.28. The van der Waals surface area contributed by atoms with E-state index in [9.17, 15) is 22.8 Å². The highest BCUT2D eigenvalue weighted by molar-refractivity contribution is 9.10. The van der Waals surface area contributed by atoms with Gasteiger partial charge in [0.2, 0.25) is 0 Å². The van der Waals surface area contributed by atoms with E-state index in [4.69, 9.17) is 11.6 Å². The number of hydrogen-bond donors (Lipinski definition) is 3. The maximum Gasteiger partial charge on any atom is 0.573 e. The summed E-state index contributed by atoms with van der Waals surface area (Å²) in [4.78, 5) is 24.4. The van der Waals surface area contributed by atoms with E-state index in [-0.39, 0.29) is 11.3 Å². The number of nitrogens with one attached hydrogen (secondary N) is 3. The van der Waals surface area contributed by atoms with E-state index >= 15 is 0 Å². The summed E-state index contributed by atoms with van der Waals surface area (Å²) < 4.78 is 41.8. The Labute approximate surface area is 171 Å². The number of amides is 3. The number of rotatable bonds is 5. The van der Waals surface area contributed by atoms with Crippen LogP contribution in [0.15, 0.2) is 40.9 Å². The molecule has 0 saturated carbocycles. The fraction of sp³-hybridized carbons (Fsp3) is 0.176. The van der Waals surface area contributed by atoms with Crippen molar-refractivity contribution in [3.8, 4) is 5.75 Å². The molecule has 3 N–H and O–H groups in total. The first-order valence-corrected chi connectivity index (χ1v) is 8.96. The molecule has 0 unspecified atom stereocenters. The Morgan fingerprint density at radius 2 is 1.86 bits per heavy atom. The number of benzene rings is 2. The molecule has 3 amide bonds. The zero-order valence-corrected chi connectivity index (χ0v) is 16.6. The van der Waals surface area contributed by atoms with Crippen LogP contribution in [0, 0.1) is 0 Å². The Balaban J connectivity index is 2.27. The summed E-state index contributed by atoms with van der Waals surface area (Å²) in [5, 5.41) is 7.69. The topological polar surface area (TPSA) is 79.5 Å². The second-order valence-electron chi connectivity index (χ2n) is 5.35. The Morgan fingerprint density at radius 1 is 1.14 bits per heavy atom. The first-order valence-electron chi connectivity index (χ1n) is 7.79. The van der Waals surface area contributed by atoms with E-state index in [1.54, 1.807) is 19.1 Å². The third-order valence-corrected chi connectivity index (χ3v) is 3.85. The second-order valence-corrected chi connectivity index (χ2v) is 6.70. The Bertz CT molecular complexity index is 873. The third kappa shape index (κ3) is 6.61. The number of halogens is 5. The van der Waals surface area contributed by atoms with Crippen LogP contribution >= 0.6 is 27.5 Å². The molecular weight excluding hydrogens is 467 g/mol. The molecule has 0 radical (unpaired) electrons. The van der Waals surface area contributed by atoms with Crippen molar-refractivity contribution in [1.29, 1.82) is 0 Å². The lowest BCUT2D eigenvalue weighted by atomic mass is 10.1. The van der Waals surface area contributed by atoms with E-state index in [1.165, 1.54) is 6.07 Å². The van der Waals surface area contributed by atoms with Gasteiger partial charge in [-0.3, -0.25) is 4.79 Å². The average Bonchev–Trinajstić information content (AvgIpc) is 2.52. The molecule has 2 aromatic rings. The van der Waals surface area contributed by atoms with E-state index in [2.05, 4.69) is 36.6 Å². The van der Waals surface area contributed by atoms with E-state index in [0.29, 0.717) is 21.7 Å². The van der Waals surface area contributed by atoms with Crippen LogP contribution in [0.25, 0.3) is 0 Å². The summed E-state index contributed by atoms with van der Waals surface area (Å²) in [6, 6.07) is 6.87. The van der Waals surface area contributed by atoms with Crippen molar-refractivity contribution in [3.63, 3.8) is 0 Å². The summed E-state index contributed by atoms with van der Waals surface area (Å²) in [5.74, 6) is -1.15. The summed E-state index contributed by atoms with van der Waals surface area (Å²) in [5.41, 5.74) is 0.143. The lowest BCUT2D eigenvalue weighted by molar-refractivity contribution is -0.274. The summed E-state index contributed by atoms with van der Waals surface area (Å²) in [6.07, 6.45) is -4.92. The predicted molar refractivity (Wildman–Crippen MR) is 103 cm³/mol. The molecule has 0 fully saturated rings. The minimum atomic E-state index is -4.92. The van der Waals surface area contributed by atoms with Crippen LogP contribution in [-0.4, -0.2) is 24.8 Å². The van der Waals surface area contributed by atoms with Gasteiger partial charge in [-0.1, -0.05) is 27.5 Å². The minimum absolute atomic E-state index is 0.0289. The number of alkyl halides is 3. The Kier molecular flexibility index (Phi) is 7.14. The molecular formula is C17H14BrClF3N3O3. The zero-order chi connectivity index (χ0) is 20.9. The highest BCUT2D eigenvalue weighted by Gasteiger charge is 2.31. The van der Waals surface area contributed by atoms with Gasteiger partial charge in [0.05, 0.1) is 11.3 Å². The van der Waals surface area contributed by atoms with Crippen molar-refractivity contribution >= 4 is 50.8 Å². The van der Waals surface area contributed by atoms with Crippen molar-refractivity contribution in [1.82, 2.24) is 5.32 Å². The molecule has 11 heteroatoms. The van der Waals surface area contributed by atoms with Crippen molar-refractivity contribution in [2.75, 3.05) is 17.2 Å². The molecule has 2 aromatic carbocycles. The minimum Gasteiger partial charge on any atom is -0.406 e. The SMILES string of the molecule is CCNC(=O)c1ccc(OC(F)(F)F)cc1NC(=O)Nc1cc(Cl)cc(Br)c1. The van der Waals surface area contributed by atoms with Gasteiger partial charge in [0, 0.05) is 27.8 Å². The average molecular weight is 481 g/mol. The zero-order valence-electron chi connectivity index (χ0n) is 14.3. The number of carbonyl (C=O) groups excluding carboxylic acids is 2. The molecule has 6 nitrogen and oxygen atoms in total. The first-order chi connectivity index (χ1) is 13.1. The van der Waals surface area contributed by atoms with E-state index in [0.717, 1.165) is 18.2 Å². The largest absolute Gasteiger partial charge is 0.573 e. The van der Waals surface area contributed by atoms with Gasteiger partial charge in [0.15, 0.2) is 0 Å². The molecule has 0 aliphatic heterocycles. The fourth-order valence-corrected chi connectivity index (χ4v) is 3.05. The molecule has 0 aliphatic rings. The maximum absolute atomic E-state index is 12.5.